The van der Waals surface area contributed by atoms with Crippen LogP contribution in [0, 0.1) is 15.5 Å². The van der Waals surface area contributed by atoms with E-state index in [1.807, 2.05) is 0 Å². The fourth-order valence-corrected chi connectivity index (χ4v) is 1.77. The Hall–Kier alpha value is -3.06. The summed E-state index contributed by atoms with van der Waals surface area (Å²) in [5.74, 6) is -17.5. The van der Waals surface area contributed by atoms with Crippen molar-refractivity contribution in [3.05, 3.63) is 45.8 Å². The van der Waals surface area contributed by atoms with Gasteiger partial charge < -0.3 is 5.11 Å². The molecule has 0 fully saturated rings. The minimum Gasteiger partial charge on any atom is -0.509 e. The fraction of sp³-hybridized carbons (Fsp3) is 0.438. The van der Waals surface area contributed by atoms with Crippen molar-refractivity contribution >= 4 is 17.2 Å². The highest BCUT2D eigenvalue weighted by molar-refractivity contribution is 6.01. The molecule has 0 atom stereocenters. The van der Waals surface area contributed by atoms with Gasteiger partial charge in [0.15, 0.2) is 5.70 Å². The zero-order chi connectivity index (χ0) is 23.7. The van der Waals surface area contributed by atoms with Crippen molar-refractivity contribution in [2.75, 3.05) is 0 Å². The molecule has 1 aromatic carbocycles. The second-order valence-electron chi connectivity index (χ2n) is 6.90. The van der Waals surface area contributed by atoms with Gasteiger partial charge in [-0.1, -0.05) is 20.8 Å². The van der Waals surface area contributed by atoms with Crippen LogP contribution in [0.3, 0.4) is 0 Å². The number of nitrogens with zero attached hydrogens (tertiary/aromatic N) is 3. The average molecular weight is 445 g/mol. The number of rotatable bonds is 6. The normalized spacial score (nSPS) is 14.6. The third kappa shape index (κ3) is 4.91. The summed E-state index contributed by atoms with van der Waals surface area (Å²) < 4.78 is 91.2. The number of benzene rings is 1. The Balaban J connectivity index is 3.52. The van der Waals surface area contributed by atoms with Gasteiger partial charge in [0, 0.05) is 17.5 Å². The standard InChI is InChI=1S/C16H14F7N3O4/c1-13(2,3)11(27)10(12(28)14(17,18)15(19,20)16(21,22)23)25-24-8-4-6-9(7-5-8)26(29)30/h4-7,27H,1-3H3/b11-10+,25-24?. The van der Waals surface area contributed by atoms with E-state index in [9.17, 15) is 50.7 Å². The van der Waals surface area contributed by atoms with Crippen molar-refractivity contribution in [3.8, 4) is 0 Å². The zero-order valence-electron chi connectivity index (χ0n) is 15.5. The maximum atomic E-state index is 13.8. The van der Waals surface area contributed by atoms with Crippen molar-refractivity contribution in [1.82, 2.24) is 0 Å². The number of nitro groups is 1. The quantitative estimate of drug-likeness (QED) is 0.147. The van der Waals surface area contributed by atoms with Crippen molar-refractivity contribution < 1.29 is 45.6 Å². The molecule has 1 N–H and O–H groups in total. The van der Waals surface area contributed by atoms with Gasteiger partial charge in [-0.25, -0.2) is 0 Å². The molecule has 0 saturated carbocycles. The van der Waals surface area contributed by atoms with E-state index in [1.54, 1.807) is 0 Å². The molecule has 166 valence electrons. The average Bonchev–Trinajstić information content (AvgIpc) is 2.59. The summed E-state index contributed by atoms with van der Waals surface area (Å²) in [5.41, 5.74) is -4.11. The van der Waals surface area contributed by atoms with E-state index >= 15 is 0 Å². The lowest BCUT2D eigenvalue weighted by Crippen LogP contribution is -2.56. The molecule has 0 aliphatic carbocycles. The van der Waals surface area contributed by atoms with Crippen LogP contribution in [0.1, 0.15) is 20.8 Å². The number of carbonyl (C=O) groups excluding carboxylic acids is 1. The molecule has 1 rings (SSSR count). The van der Waals surface area contributed by atoms with Crippen LogP contribution in [0.25, 0.3) is 0 Å². The van der Waals surface area contributed by atoms with E-state index in [4.69, 9.17) is 0 Å². The topological polar surface area (TPSA) is 105 Å². The molecule has 7 nitrogen and oxygen atoms in total. The second kappa shape index (κ2) is 7.99. The van der Waals surface area contributed by atoms with Crippen LogP contribution >= 0.6 is 0 Å². The summed E-state index contributed by atoms with van der Waals surface area (Å²) in [5, 5.41) is 26.7. The number of halogens is 7. The number of alkyl halides is 7. The summed E-state index contributed by atoms with van der Waals surface area (Å²) >= 11 is 0. The molecule has 14 heteroatoms. The summed E-state index contributed by atoms with van der Waals surface area (Å²) in [6.07, 6.45) is -6.77. The van der Waals surface area contributed by atoms with E-state index in [1.165, 1.54) is 0 Å². The highest BCUT2D eigenvalue weighted by Gasteiger charge is 2.76. The molecule has 30 heavy (non-hydrogen) atoms. The number of non-ortho nitro benzene ring substituents is 1. The van der Waals surface area contributed by atoms with Gasteiger partial charge in [0.05, 0.1) is 10.6 Å². The Labute approximate surface area is 164 Å². The van der Waals surface area contributed by atoms with E-state index in [-0.39, 0.29) is 5.69 Å². The number of carbonyl (C=O) groups is 1. The fourth-order valence-electron chi connectivity index (χ4n) is 1.77. The number of hydrogen-bond acceptors (Lipinski definition) is 6. The van der Waals surface area contributed by atoms with Gasteiger partial charge in [0.1, 0.15) is 5.76 Å². The Morgan fingerprint density at radius 1 is 1.00 bits per heavy atom. The Kier molecular flexibility index (Phi) is 6.65. The zero-order valence-corrected chi connectivity index (χ0v) is 15.5. The lowest BCUT2D eigenvalue weighted by atomic mass is 9.90. The molecule has 0 spiro atoms. The van der Waals surface area contributed by atoms with Crippen molar-refractivity contribution in [2.45, 2.75) is 38.8 Å². The van der Waals surface area contributed by atoms with Gasteiger partial charge in [-0.3, -0.25) is 14.9 Å². The number of aliphatic hydroxyl groups is 1. The first kappa shape index (κ1) is 25.0. The summed E-state index contributed by atoms with van der Waals surface area (Å²) in [7, 11) is 0. The third-order valence-corrected chi connectivity index (χ3v) is 3.51. The smallest absolute Gasteiger partial charge is 0.460 e. The monoisotopic (exact) mass is 445 g/mol. The molecule has 0 amide bonds. The molecule has 0 radical (unpaired) electrons. The maximum absolute atomic E-state index is 13.8. The molecule has 0 aliphatic rings. The van der Waals surface area contributed by atoms with Gasteiger partial charge in [-0.05, 0) is 12.1 Å². The largest absolute Gasteiger partial charge is 0.509 e. The first-order valence-electron chi connectivity index (χ1n) is 7.81. The number of nitro benzene ring substituents is 1. The summed E-state index contributed by atoms with van der Waals surface area (Å²) in [4.78, 5) is 21.7. The van der Waals surface area contributed by atoms with Gasteiger partial charge in [-0.15, -0.1) is 5.11 Å². The lowest BCUT2D eigenvalue weighted by Gasteiger charge is -2.28. The molecule has 0 saturated heterocycles. The SMILES string of the molecule is CC(C)(C)/C(O)=C(\N=Nc1ccc([N+](=O)[O-])cc1)C(=O)C(F)(F)C(F)(F)C(F)(F)F. The molecular weight excluding hydrogens is 431 g/mol. The van der Waals surface area contributed by atoms with E-state index < -0.39 is 51.3 Å². The molecule has 0 aromatic heterocycles. The number of aliphatic hydroxyl groups excluding tert-OH is 1. The number of ketones is 1. The third-order valence-electron chi connectivity index (χ3n) is 3.51. The van der Waals surface area contributed by atoms with Gasteiger partial charge in [-0.2, -0.15) is 35.8 Å². The van der Waals surface area contributed by atoms with Crippen molar-refractivity contribution in [3.63, 3.8) is 0 Å². The van der Waals surface area contributed by atoms with Crippen LogP contribution in [0.2, 0.25) is 0 Å². The van der Waals surface area contributed by atoms with E-state index in [0.717, 1.165) is 45.0 Å². The van der Waals surface area contributed by atoms with Crippen LogP contribution in [0.5, 0.6) is 0 Å². The van der Waals surface area contributed by atoms with Crippen LogP contribution in [0.4, 0.5) is 42.1 Å². The molecule has 0 aliphatic heterocycles. The van der Waals surface area contributed by atoms with E-state index in [2.05, 4.69) is 10.2 Å². The highest BCUT2D eigenvalue weighted by Crippen LogP contribution is 2.48. The van der Waals surface area contributed by atoms with Crippen LogP contribution in [0.15, 0.2) is 46.0 Å². The number of azo groups is 1. The first-order valence-corrected chi connectivity index (χ1v) is 7.81. The second-order valence-corrected chi connectivity index (χ2v) is 6.90. The minimum absolute atomic E-state index is 0.307. The molecule has 0 heterocycles. The van der Waals surface area contributed by atoms with Crippen molar-refractivity contribution in [2.24, 2.45) is 15.6 Å². The number of Topliss-reactive ketones (excluding diaryl/α,β-unsaturated/α-hetero) is 1. The first-order chi connectivity index (χ1) is 13.3. The van der Waals surface area contributed by atoms with Gasteiger partial charge in [0.2, 0.25) is 0 Å². The summed E-state index contributed by atoms with van der Waals surface area (Å²) in [6.45, 7) is 3.41. The van der Waals surface area contributed by atoms with E-state index in [0.29, 0.717) is 0 Å². The molecule has 1 aromatic rings. The number of hydrogen-bond donors (Lipinski definition) is 1. The Morgan fingerprint density at radius 3 is 1.83 bits per heavy atom. The highest BCUT2D eigenvalue weighted by atomic mass is 19.4. The van der Waals surface area contributed by atoms with Crippen LogP contribution < -0.4 is 0 Å². The molecular formula is C16H14F7N3O4. The number of allylic oxidation sites excluding steroid dienone is 2. The van der Waals surface area contributed by atoms with Gasteiger partial charge >= 0.3 is 18.0 Å². The lowest BCUT2D eigenvalue weighted by molar-refractivity contribution is -0.384. The van der Waals surface area contributed by atoms with Crippen LogP contribution in [-0.4, -0.2) is 33.8 Å². The predicted molar refractivity (Wildman–Crippen MR) is 87.7 cm³/mol. The maximum Gasteiger partial charge on any atom is 0.460 e. The molecule has 0 unspecified atom stereocenters. The van der Waals surface area contributed by atoms with Crippen molar-refractivity contribution in [1.29, 1.82) is 0 Å². The predicted octanol–water partition coefficient (Wildman–Crippen LogP) is 5.90. The molecule has 0 bridgehead atoms. The Bertz CT molecular complexity index is 886. The van der Waals surface area contributed by atoms with Crippen LogP contribution in [-0.2, 0) is 4.79 Å². The van der Waals surface area contributed by atoms with Gasteiger partial charge in [0.25, 0.3) is 11.5 Å². The summed E-state index contributed by atoms with van der Waals surface area (Å²) in [6, 6.07) is 3.66. The minimum atomic E-state index is -6.77. The Morgan fingerprint density at radius 2 is 1.47 bits per heavy atom.